The molecule has 0 heterocycles. The van der Waals surface area contributed by atoms with E-state index < -0.39 is 0 Å². The molecule has 0 rings (SSSR count). The fourth-order valence-electron chi connectivity index (χ4n) is 0.764. The van der Waals surface area contributed by atoms with Gasteiger partial charge in [0.25, 0.3) is 0 Å². The Kier molecular flexibility index (Phi) is 4.17. The number of terminal acetylenes is 1. The molecule has 1 unspecified atom stereocenters. The normalized spacial score (nSPS) is 13.2. The van der Waals surface area contributed by atoms with Gasteiger partial charge in [0.05, 0.1) is 6.04 Å². The number of rotatable bonds is 3. The third kappa shape index (κ3) is 3.16. The van der Waals surface area contributed by atoms with Crippen LogP contribution in [-0.4, -0.2) is 25.0 Å². The fourth-order valence-corrected chi connectivity index (χ4v) is 0.764. The molecule has 0 aliphatic carbocycles. The summed E-state index contributed by atoms with van der Waals surface area (Å²) in [5.74, 6) is 2.73. The average molecular weight is 125 g/mol. The second kappa shape index (κ2) is 4.40. The molecule has 0 saturated heterocycles. The molecular formula is C8H15N. The summed E-state index contributed by atoms with van der Waals surface area (Å²) in [6, 6.07) is 0.329. The van der Waals surface area contributed by atoms with E-state index in [4.69, 9.17) is 6.42 Å². The Hall–Kier alpha value is -0.480. The molecule has 0 fully saturated rings. The molecule has 0 spiro atoms. The van der Waals surface area contributed by atoms with Crippen molar-refractivity contribution < 1.29 is 0 Å². The summed E-state index contributed by atoms with van der Waals surface area (Å²) in [7, 11) is 4.03. The zero-order valence-corrected chi connectivity index (χ0v) is 6.52. The Bertz CT molecular complexity index is 99.6. The largest absolute Gasteiger partial charge is 0.296 e. The van der Waals surface area contributed by atoms with E-state index in [-0.39, 0.29) is 0 Å². The standard InChI is InChI=1S/C8H15N/c1-5-7-8(6-2)9(3)4/h2,8H,5,7H2,1,3-4H3. The Morgan fingerprint density at radius 3 is 2.22 bits per heavy atom. The summed E-state index contributed by atoms with van der Waals surface area (Å²) in [6.45, 7) is 2.15. The lowest BCUT2D eigenvalue weighted by Crippen LogP contribution is -2.25. The van der Waals surface area contributed by atoms with Crippen molar-refractivity contribution in [2.24, 2.45) is 0 Å². The number of nitrogens with zero attached hydrogens (tertiary/aromatic N) is 1. The second-order valence-electron chi connectivity index (χ2n) is 2.43. The van der Waals surface area contributed by atoms with Gasteiger partial charge >= 0.3 is 0 Å². The molecule has 0 aliphatic rings. The quantitative estimate of drug-likeness (QED) is 0.515. The smallest absolute Gasteiger partial charge is 0.0706 e. The molecule has 0 bridgehead atoms. The molecule has 1 nitrogen and oxygen atoms in total. The molecule has 0 radical (unpaired) electrons. The molecule has 0 aliphatic heterocycles. The summed E-state index contributed by atoms with van der Waals surface area (Å²) in [5.41, 5.74) is 0. The fraction of sp³-hybridized carbons (Fsp3) is 0.750. The molecule has 0 amide bonds. The Balaban J connectivity index is 3.58. The highest BCUT2D eigenvalue weighted by Crippen LogP contribution is 1.99. The first kappa shape index (κ1) is 8.52. The van der Waals surface area contributed by atoms with Gasteiger partial charge in [-0.2, -0.15) is 0 Å². The Morgan fingerprint density at radius 1 is 1.56 bits per heavy atom. The molecule has 0 saturated carbocycles. The molecule has 0 aromatic rings. The molecule has 1 atom stereocenters. The summed E-state index contributed by atoms with van der Waals surface area (Å²) >= 11 is 0. The van der Waals surface area contributed by atoms with Crippen LogP contribution >= 0.6 is 0 Å². The van der Waals surface area contributed by atoms with Crippen LogP contribution in [-0.2, 0) is 0 Å². The first-order valence-electron chi connectivity index (χ1n) is 3.35. The van der Waals surface area contributed by atoms with Crippen LogP contribution in [0.3, 0.4) is 0 Å². The van der Waals surface area contributed by atoms with Crippen LogP contribution in [0.2, 0.25) is 0 Å². The zero-order valence-electron chi connectivity index (χ0n) is 6.52. The van der Waals surface area contributed by atoms with Crippen molar-refractivity contribution in [1.29, 1.82) is 0 Å². The number of hydrogen-bond donors (Lipinski definition) is 0. The predicted octanol–water partition coefficient (Wildman–Crippen LogP) is 1.35. The maximum absolute atomic E-state index is 5.27. The van der Waals surface area contributed by atoms with Crippen LogP contribution in [0.5, 0.6) is 0 Å². The van der Waals surface area contributed by atoms with E-state index in [1.807, 2.05) is 14.1 Å². The van der Waals surface area contributed by atoms with E-state index in [0.717, 1.165) is 12.8 Å². The van der Waals surface area contributed by atoms with Crippen molar-refractivity contribution in [2.45, 2.75) is 25.8 Å². The van der Waals surface area contributed by atoms with E-state index >= 15 is 0 Å². The minimum Gasteiger partial charge on any atom is -0.296 e. The van der Waals surface area contributed by atoms with E-state index in [1.54, 1.807) is 0 Å². The first-order chi connectivity index (χ1) is 4.22. The lowest BCUT2D eigenvalue weighted by Gasteiger charge is -2.17. The highest BCUT2D eigenvalue weighted by Gasteiger charge is 2.03. The molecule has 0 aromatic heterocycles. The van der Waals surface area contributed by atoms with Crippen molar-refractivity contribution in [2.75, 3.05) is 14.1 Å². The van der Waals surface area contributed by atoms with Crippen LogP contribution in [0.15, 0.2) is 0 Å². The molecule has 0 N–H and O–H groups in total. The van der Waals surface area contributed by atoms with Gasteiger partial charge in [-0.25, -0.2) is 0 Å². The maximum Gasteiger partial charge on any atom is 0.0706 e. The molecule has 52 valence electrons. The summed E-state index contributed by atoms with van der Waals surface area (Å²) in [4.78, 5) is 2.07. The van der Waals surface area contributed by atoms with Crippen molar-refractivity contribution in [3.8, 4) is 12.3 Å². The monoisotopic (exact) mass is 125 g/mol. The molecular weight excluding hydrogens is 110 g/mol. The highest BCUT2D eigenvalue weighted by atomic mass is 15.1. The van der Waals surface area contributed by atoms with Crippen LogP contribution in [0.4, 0.5) is 0 Å². The van der Waals surface area contributed by atoms with Gasteiger partial charge in [0, 0.05) is 0 Å². The maximum atomic E-state index is 5.27. The Labute approximate surface area is 58.1 Å². The Morgan fingerprint density at radius 2 is 2.11 bits per heavy atom. The van der Waals surface area contributed by atoms with Crippen molar-refractivity contribution >= 4 is 0 Å². The van der Waals surface area contributed by atoms with Gasteiger partial charge in [0.2, 0.25) is 0 Å². The van der Waals surface area contributed by atoms with Gasteiger partial charge < -0.3 is 0 Å². The van der Waals surface area contributed by atoms with E-state index in [9.17, 15) is 0 Å². The third-order valence-corrected chi connectivity index (χ3v) is 1.38. The van der Waals surface area contributed by atoms with Crippen LogP contribution in [0, 0.1) is 12.3 Å². The van der Waals surface area contributed by atoms with Gasteiger partial charge in [-0.15, -0.1) is 6.42 Å². The van der Waals surface area contributed by atoms with Crippen molar-refractivity contribution in [1.82, 2.24) is 4.90 Å². The highest BCUT2D eigenvalue weighted by molar-refractivity contribution is 4.97. The van der Waals surface area contributed by atoms with Gasteiger partial charge in [-0.1, -0.05) is 19.3 Å². The van der Waals surface area contributed by atoms with Gasteiger partial charge in [-0.05, 0) is 20.5 Å². The first-order valence-corrected chi connectivity index (χ1v) is 3.35. The van der Waals surface area contributed by atoms with E-state index in [2.05, 4.69) is 17.7 Å². The van der Waals surface area contributed by atoms with Crippen molar-refractivity contribution in [3.05, 3.63) is 0 Å². The summed E-state index contributed by atoms with van der Waals surface area (Å²) < 4.78 is 0. The predicted molar refractivity (Wildman–Crippen MR) is 41.2 cm³/mol. The molecule has 9 heavy (non-hydrogen) atoms. The third-order valence-electron chi connectivity index (χ3n) is 1.38. The van der Waals surface area contributed by atoms with Gasteiger partial charge in [-0.3, -0.25) is 4.90 Å². The van der Waals surface area contributed by atoms with Gasteiger partial charge in [0.15, 0.2) is 0 Å². The van der Waals surface area contributed by atoms with Crippen LogP contribution < -0.4 is 0 Å². The molecule has 1 heteroatoms. The lowest BCUT2D eigenvalue weighted by molar-refractivity contribution is 0.335. The molecule has 0 aromatic carbocycles. The minimum atomic E-state index is 0.329. The van der Waals surface area contributed by atoms with Gasteiger partial charge in [0.1, 0.15) is 0 Å². The average Bonchev–Trinajstić information content (AvgIpc) is 1.82. The van der Waals surface area contributed by atoms with Crippen LogP contribution in [0.25, 0.3) is 0 Å². The SMILES string of the molecule is C#CC(CCC)N(C)C. The van der Waals surface area contributed by atoms with Crippen molar-refractivity contribution in [3.63, 3.8) is 0 Å². The second-order valence-corrected chi connectivity index (χ2v) is 2.43. The summed E-state index contributed by atoms with van der Waals surface area (Å²) in [6.07, 6.45) is 7.53. The topological polar surface area (TPSA) is 3.24 Å². The lowest BCUT2D eigenvalue weighted by atomic mass is 10.2. The zero-order chi connectivity index (χ0) is 7.28. The van der Waals surface area contributed by atoms with E-state index in [0.29, 0.717) is 6.04 Å². The van der Waals surface area contributed by atoms with Crippen LogP contribution in [0.1, 0.15) is 19.8 Å². The number of hydrogen-bond acceptors (Lipinski definition) is 1. The minimum absolute atomic E-state index is 0.329. The summed E-state index contributed by atoms with van der Waals surface area (Å²) in [5, 5.41) is 0. The van der Waals surface area contributed by atoms with E-state index in [1.165, 1.54) is 0 Å².